The van der Waals surface area contributed by atoms with Crippen molar-refractivity contribution in [3.8, 4) is 0 Å². The number of esters is 1. The highest BCUT2D eigenvalue weighted by atomic mass is 35.5. The molecule has 2 aromatic carbocycles. The molecule has 0 heterocycles. The standard InChI is InChI=1S/C16H13Cl2NO5S/c1-25(22,23)12-5-6-13(18)14(8-12)19-15(20)9-24-16(21)10-3-2-4-11(17)7-10/h2-8H,9H2,1H3,(H,19,20). The second-order valence-corrected chi connectivity index (χ2v) is 7.91. The molecule has 6 nitrogen and oxygen atoms in total. The van der Waals surface area contributed by atoms with E-state index in [9.17, 15) is 18.0 Å². The number of benzene rings is 2. The summed E-state index contributed by atoms with van der Waals surface area (Å²) in [6, 6.07) is 10.00. The molecule has 0 aliphatic carbocycles. The van der Waals surface area contributed by atoms with E-state index in [2.05, 4.69) is 5.32 Å². The van der Waals surface area contributed by atoms with Crippen LogP contribution in [0, 0.1) is 0 Å². The van der Waals surface area contributed by atoms with Gasteiger partial charge in [-0.3, -0.25) is 4.79 Å². The van der Waals surface area contributed by atoms with Gasteiger partial charge in [-0.05, 0) is 36.4 Å². The largest absolute Gasteiger partial charge is 0.452 e. The molecule has 9 heteroatoms. The van der Waals surface area contributed by atoms with E-state index in [-0.39, 0.29) is 21.2 Å². The van der Waals surface area contributed by atoms with Gasteiger partial charge in [-0.1, -0.05) is 29.3 Å². The molecule has 1 amide bonds. The summed E-state index contributed by atoms with van der Waals surface area (Å²) in [6.45, 7) is -0.565. The van der Waals surface area contributed by atoms with Gasteiger partial charge < -0.3 is 10.1 Å². The summed E-state index contributed by atoms with van der Waals surface area (Å²) >= 11 is 11.7. The van der Waals surface area contributed by atoms with E-state index in [0.29, 0.717) is 5.02 Å². The van der Waals surface area contributed by atoms with Crippen molar-refractivity contribution in [2.75, 3.05) is 18.2 Å². The molecule has 25 heavy (non-hydrogen) atoms. The second-order valence-electron chi connectivity index (χ2n) is 5.05. The minimum Gasteiger partial charge on any atom is -0.452 e. The fraction of sp³-hybridized carbons (Fsp3) is 0.125. The van der Waals surface area contributed by atoms with Crippen molar-refractivity contribution in [1.82, 2.24) is 0 Å². The lowest BCUT2D eigenvalue weighted by Crippen LogP contribution is -2.21. The Kier molecular flexibility index (Phi) is 6.05. The summed E-state index contributed by atoms with van der Waals surface area (Å²) in [5.41, 5.74) is 0.311. The van der Waals surface area contributed by atoms with Gasteiger partial charge in [0.2, 0.25) is 0 Å². The molecule has 0 bridgehead atoms. The van der Waals surface area contributed by atoms with Gasteiger partial charge in [0.15, 0.2) is 16.4 Å². The normalized spacial score (nSPS) is 11.0. The Bertz CT molecular complexity index is 928. The van der Waals surface area contributed by atoms with Gasteiger partial charge in [0.25, 0.3) is 5.91 Å². The van der Waals surface area contributed by atoms with Crippen molar-refractivity contribution in [3.63, 3.8) is 0 Å². The van der Waals surface area contributed by atoms with Gasteiger partial charge in [-0.15, -0.1) is 0 Å². The lowest BCUT2D eigenvalue weighted by atomic mass is 10.2. The quantitative estimate of drug-likeness (QED) is 0.776. The second kappa shape index (κ2) is 7.86. The highest BCUT2D eigenvalue weighted by Crippen LogP contribution is 2.25. The summed E-state index contributed by atoms with van der Waals surface area (Å²) in [5.74, 6) is -1.38. The first-order chi connectivity index (χ1) is 11.7. The zero-order valence-corrected chi connectivity index (χ0v) is 15.3. The van der Waals surface area contributed by atoms with Crippen LogP contribution < -0.4 is 5.32 Å². The number of nitrogens with one attached hydrogen (secondary N) is 1. The van der Waals surface area contributed by atoms with Gasteiger partial charge >= 0.3 is 5.97 Å². The van der Waals surface area contributed by atoms with Crippen molar-refractivity contribution in [2.24, 2.45) is 0 Å². The SMILES string of the molecule is CS(=O)(=O)c1ccc(Cl)c(NC(=O)COC(=O)c2cccc(Cl)c2)c1. The molecular weight excluding hydrogens is 389 g/mol. The van der Waals surface area contributed by atoms with Gasteiger partial charge in [0, 0.05) is 11.3 Å². The third kappa shape index (κ3) is 5.45. The predicted molar refractivity (Wildman–Crippen MR) is 94.9 cm³/mol. The Morgan fingerprint density at radius 2 is 1.84 bits per heavy atom. The number of amides is 1. The molecule has 0 spiro atoms. The highest BCUT2D eigenvalue weighted by Gasteiger charge is 2.14. The Labute approximate surface area is 154 Å². The van der Waals surface area contributed by atoms with Gasteiger partial charge in [0.05, 0.1) is 21.2 Å². The number of rotatable bonds is 5. The first-order valence-corrected chi connectivity index (χ1v) is 9.54. The number of halogens is 2. The van der Waals surface area contributed by atoms with Crippen molar-refractivity contribution in [2.45, 2.75) is 4.90 Å². The van der Waals surface area contributed by atoms with E-state index >= 15 is 0 Å². The van der Waals surface area contributed by atoms with Crippen LogP contribution in [0.25, 0.3) is 0 Å². The van der Waals surface area contributed by atoms with Crippen LogP contribution in [0.4, 0.5) is 5.69 Å². The minimum absolute atomic E-state index is 0.00289. The first-order valence-electron chi connectivity index (χ1n) is 6.89. The maximum absolute atomic E-state index is 11.9. The molecule has 0 unspecified atom stereocenters. The van der Waals surface area contributed by atoms with E-state index in [1.54, 1.807) is 12.1 Å². The molecule has 0 fully saturated rings. The van der Waals surface area contributed by atoms with Crippen LogP contribution in [-0.2, 0) is 19.4 Å². The Morgan fingerprint density at radius 3 is 2.48 bits per heavy atom. The number of carbonyl (C=O) groups is 2. The van der Waals surface area contributed by atoms with E-state index in [4.69, 9.17) is 27.9 Å². The maximum atomic E-state index is 11.9. The van der Waals surface area contributed by atoms with Crippen LogP contribution in [0.1, 0.15) is 10.4 Å². The molecule has 0 aliphatic rings. The fourth-order valence-corrected chi connectivity index (χ4v) is 2.85. The number of ether oxygens (including phenoxy) is 1. The molecule has 1 N–H and O–H groups in total. The van der Waals surface area contributed by atoms with Crippen molar-refractivity contribution in [3.05, 3.63) is 58.1 Å². The summed E-state index contributed by atoms with van der Waals surface area (Å²) < 4.78 is 28.0. The molecule has 0 saturated heterocycles. The smallest absolute Gasteiger partial charge is 0.338 e. The third-order valence-corrected chi connectivity index (χ3v) is 4.71. The predicted octanol–water partition coefficient (Wildman–Crippen LogP) is 3.19. The molecule has 0 aliphatic heterocycles. The molecule has 0 aromatic heterocycles. The molecule has 2 rings (SSSR count). The molecule has 0 saturated carbocycles. The summed E-state index contributed by atoms with van der Waals surface area (Å²) in [5, 5.41) is 2.92. The van der Waals surface area contributed by atoms with Crippen molar-refractivity contribution >= 4 is 50.6 Å². The van der Waals surface area contributed by atoms with E-state index in [0.717, 1.165) is 6.26 Å². The first kappa shape index (κ1) is 19.2. The number of hydrogen-bond acceptors (Lipinski definition) is 5. The Balaban J connectivity index is 2.02. The van der Waals surface area contributed by atoms with Crippen LogP contribution >= 0.6 is 23.2 Å². The van der Waals surface area contributed by atoms with E-state index < -0.39 is 28.3 Å². The van der Waals surface area contributed by atoms with Gasteiger partial charge in [0.1, 0.15) is 0 Å². The maximum Gasteiger partial charge on any atom is 0.338 e. The molecule has 0 atom stereocenters. The van der Waals surface area contributed by atoms with Crippen molar-refractivity contribution in [1.29, 1.82) is 0 Å². The topological polar surface area (TPSA) is 89.5 Å². The average Bonchev–Trinajstić information content (AvgIpc) is 2.53. The monoisotopic (exact) mass is 401 g/mol. The van der Waals surface area contributed by atoms with Crippen LogP contribution in [0.15, 0.2) is 47.4 Å². The number of carbonyl (C=O) groups excluding carboxylic acids is 2. The van der Waals surface area contributed by atoms with Gasteiger partial charge in [-0.25, -0.2) is 13.2 Å². The Morgan fingerprint density at radius 1 is 1.12 bits per heavy atom. The number of anilines is 1. The lowest BCUT2D eigenvalue weighted by Gasteiger charge is -2.09. The molecule has 0 radical (unpaired) electrons. The summed E-state index contributed by atoms with van der Waals surface area (Å²) in [4.78, 5) is 23.7. The van der Waals surface area contributed by atoms with Crippen LogP contribution in [-0.4, -0.2) is 33.2 Å². The van der Waals surface area contributed by atoms with Crippen LogP contribution in [0.5, 0.6) is 0 Å². The van der Waals surface area contributed by atoms with Crippen molar-refractivity contribution < 1.29 is 22.7 Å². The molecule has 132 valence electrons. The zero-order chi connectivity index (χ0) is 18.6. The fourth-order valence-electron chi connectivity index (χ4n) is 1.85. The summed E-state index contributed by atoms with van der Waals surface area (Å²) in [7, 11) is -3.45. The highest BCUT2D eigenvalue weighted by molar-refractivity contribution is 7.90. The van der Waals surface area contributed by atoms with Gasteiger partial charge in [-0.2, -0.15) is 0 Å². The average molecular weight is 402 g/mol. The molecule has 2 aromatic rings. The Hall–Kier alpha value is -2.09. The van der Waals surface area contributed by atoms with E-state index in [1.807, 2.05) is 0 Å². The minimum atomic E-state index is -3.45. The lowest BCUT2D eigenvalue weighted by molar-refractivity contribution is -0.119. The van der Waals surface area contributed by atoms with E-state index in [1.165, 1.54) is 30.3 Å². The van der Waals surface area contributed by atoms with Crippen LogP contribution in [0.2, 0.25) is 10.0 Å². The van der Waals surface area contributed by atoms with Crippen LogP contribution in [0.3, 0.4) is 0 Å². The summed E-state index contributed by atoms with van der Waals surface area (Å²) in [6.07, 6.45) is 1.04. The third-order valence-electron chi connectivity index (χ3n) is 3.03. The number of hydrogen-bond donors (Lipinski definition) is 1. The zero-order valence-electron chi connectivity index (χ0n) is 13.0. The molecular formula is C16H13Cl2NO5S. The number of sulfone groups is 1.